The Morgan fingerprint density at radius 2 is 1.82 bits per heavy atom. The van der Waals surface area contributed by atoms with Crippen LogP contribution in [0.15, 0.2) is 28.7 Å². The maximum Gasteiger partial charge on any atom is 0.328 e. The van der Waals surface area contributed by atoms with Crippen LogP contribution in [0, 0.1) is 0 Å². The summed E-state index contributed by atoms with van der Waals surface area (Å²) >= 11 is 3.37. The monoisotopic (exact) mass is 297 g/mol. The predicted molar refractivity (Wildman–Crippen MR) is 69.9 cm³/mol. The number of carboxylic acids is 1. The molecule has 3 nitrogen and oxygen atoms in total. The lowest BCUT2D eigenvalue weighted by Crippen LogP contribution is -2.48. The third kappa shape index (κ3) is 2.24. The van der Waals surface area contributed by atoms with Crippen LogP contribution in [0.2, 0.25) is 0 Å². The van der Waals surface area contributed by atoms with Gasteiger partial charge in [0.1, 0.15) is 5.54 Å². The van der Waals surface area contributed by atoms with E-state index in [4.69, 9.17) is 0 Å². The van der Waals surface area contributed by atoms with Crippen molar-refractivity contribution in [2.75, 3.05) is 13.1 Å². The molecule has 1 unspecified atom stereocenters. The van der Waals surface area contributed by atoms with E-state index < -0.39 is 11.5 Å². The second-order valence-electron chi connectivity index (χ2n) is 4.58. The molecule has 0 saturated carbocycles. The summed E-state index contributed by atoms with van der Waals surface area (Å²) in [6.45, 7) is 3.52. The van der Waals surface area contributed by atoms with Gasteiger partial charge >= 0.3 is 5.97 Å². The molecule has 0 radical (unpaired) electrons. The number of halogens is 1. The lowest BCUT2D eigenvalue weighted by Gasteiger charge is -2.35. The topological polar surface area (TPSA) is 40.5 Å². The van der Waals surface area contributed by atoms with Crippen LogP contribution in [-0.2, 0) is 10.3 Å². The van der Waals surface area contributed by atoms with Crippen molar-refractivity contribution in [2.45, 2.75) is 25.3 Å². The molecule has 1 saturated heterocycles. The summed E-state index contributed by atoms with van der Waals surface area (Å²) in [6.07, 6.45) is 2.17. The number of rotatable bonds is 3. The van der Waals surface area contributed by atoms with Gasteiger partial charge in [-0.15, -0.1) is 0 Å². The zero-order chi connectivity index (χ0) is 12.5. The Bertz CT molecular complexity index is 412. The molecule has 92 valence electrons. The van der Waals surface area contributed by atoms with Crippen molar-refractivity contribution in [3.63, 3.8) is 0 Å². The Kier molecular flexibility index (Phi) is 3.54. The highest BCUT2D eigenvalue weighted by atomic mass is 79.9. The lowest BCUT2D eigenvalue weighted by atomic mass is 9.90. The van der Waals surface area contributed by atoms with Gasteiger partial charge in [-0.1, -0.05) is 28.1 Å². The number of carboxylic acid groups (broad SMARTS) is 1. The van der Waals surface area contributed by atoms with Crippen LogP contribution >= 0.6 is 15.9 Å². The largest absolute Gasteiger partial charge is 0.480 e. The molecule has 0 aromatic heterocycles. The molecule has 1 aliphatic heterocycles. The van der Waals surface area contributed by atoms with Crippen LogP contribution < -0.4 is 0 Å². The van der Waals surface area contributed by atoms with Gasteiger partial charge in [0.25, 0.3) is 0 Å². The second kappa shape index (κ2) is 4.78. The fraction of sp³-hybridized carbons (Fsp3) is 0.462. The van der Waals surface area contributed by atoms with E-state index in [0.717, 1.165) is 36.0 Å². The molecule has 1 heterocycles. The van der Waals surface area contributed by atoms with Gasteiger partial charge in [-0.25, -0.2) is 4.79 Å². The van der Waals surface area contributed by atoms with Gasteiger partial charge in [-0.05, 0) is 50.6 Å². The number of nitrogens with zero attached hydrogens (tertiary/aromatic N) is 1. The minimum absolute atomic E-state index is 0.776. The first-order valence-corrected chi connectivity index (χ1v) is 6.59. The number of hydrogen-bond donors (Lipinski definition) is 1. The number of benzene rings is 1. The van der Waals surface area contributed by atoms with Gasteiger partial charge in [0.15, 0.2) is 0 Å². The standard InChI is InChI=1S/C13H16BrNO2/c1-13(12(16)17,15-8-2-3-9-15)10-4-6-11(14)7-5-10/h4-7H,2-3,8-9H2,1H3,(H,16,17). The Morgan fingerprint density at radius 1 is 1.29 bits per heavy atom. The molecule has 1 N–H and O–H groups in total. The van der Waals surface area contributed by atoms with Crippen molar-refractivity contribution in [2.24, 2.45) is 0 Å². The summed E-state index contributed by atoms with van der Waals surface area (Å²) in [6, 6.07) is 7.56. The van der Waals surface area contributed by atoms with Gasteiger partial charge in [0.05, 0.1) is 0 Å². The summed E-state index contributed by atoms with van der Waals surface area (Å²) in [5, 5.41) is 9.56. The van der Waals surface area contributed by atoms with Crippen molar-refractivity contribution >= 4 is 21.9 Å². The minimum Gasteiger partial charge on any atom is -0.480 e. The average Bonchev–Trinajstić information content (AvgIpc) is 2.82. The molecule has 0 bridgehead atoms. The van der Waals surface area contributed by atoms with Crippen molar-refractivity contribution in [1.29, 1.82) is 0 Å². The molecule has 1 aromatic rings. The normalized spacial score (nSPS) is 20.1. The molecule has 2 rings (SSSR count). The first kappa shape index (κ1) is 12.6. The molecule has 1 aliphatic rings. The van der Waals surface area contributed by atoms with E-state index in [-0.39, 0.29) is 0 Å². The maximum absolute atomic E-state index is 11.6. The summed E-state index contributed by atoms with van der Waals surface area (Å²) in [4.78, 5) is 13.7. The fourth-order valence-electron chi connectivity index (χ4n) is 2.38. The molecule has 1 aromatic carbocycles. The average molecular weight is 298 g/mol. The molecule has 0 amide bonds. The summed E-state index contributed by atoms with van der Waals surface area (Å²) in [7, 11) is 0. The van der Waals surface area contributed by atoms with Gasteiger partial charge in [0.2, 0.25) is 0 Å². The van der Waals surface area contributed by atoms with E-state index in [9.17, 15) is 9.90 Å². The summed E-state index contributed by atoms with van der Waals surface area (Å²) in [5.41, 5.74) is -0.0629. The number of likely N-dealkylation sites (tertiary alicyclic amines) is 1. The summed E-state index contributed by atoms with van der Waals surface area (Å²) in [5.74, 6) is -0.776. The highest BCUT2D eigenvalue weighted by Crippen LogP contribution is 2.32. The highest BCUT2D eigenvalue weighted by Gasteiger charge is 2.42. The van der Waals surface area contributed by atoms with Crippen LogP contribution in [0.25, 0.3) is 0 Å². The van der Waals surface area contributed by atoms with Gasteiger partial charge in [-0.2, -0.15) is 0 Å². The van der Waals surface area contributed by atoms with E-state index >= 15 is 0 Å². The van der Waals surface area contributed by atoms with Gasteiger partial charge < -0.3 is 5.11 Å². The van der Waals surface area contributed by atoms with Crippen molar-refractivity contribution < 1.29 is 9.90 Å². The van der Waals surface area contributed by atoms with Crippen LogP contribution in [0.4, 0.5) is 0 Å². The molecule has 17 heavy (non-hydrogen) atoms. The molecular weight excluding hydrogens is 282 g/mol. The maximum atomic E-state index is 11.6. The molecular formula is C13H16BrNO2. The van der Waals surface area contributed by atoms with Crippen molar-refractivity contribution in [3.8, 4) is 0 Å². The quantitative estimate of drug-likeness (QED) is 0.933. The molecule has 4 heteroatoms. The molecule has 1 atom stereocenters. The zero-order valence-corrected chi connectivity index (χ0v) is 11.4. The summed E-state index contributed by atoms with van der Waals surface area (Å²) < 4.78 is 0.968. The zero-order valence-electron chi connectivity index (χ0n) is 9.82. The smallest absolute Gasteiger partial charge is 0.328 e. The van der Waals surface area contributed by atoms with E-state index in [1.54, 1.807) is 6.92 Å². The Balaban J connectivity index is 2.39. The Labute approximate surface area is 110 Å². The van der Waals surface area contributed by atoms with Crippen molar-refractivity contribution in [1.82, 2.24) is 4.90 Å². The first-order chi connectivity index (χ1) is 8.05. The third-order valence-corrected chi connectivity index (χ3v) is 4.09. The number of carbonyl (C=O) groups is 1. The van der Waals surface area contributed by atoms with E-state index in [2.05, 4.69) is 20.8 Å². The highest BCUT2D eigenvalue weighted by molar-refractivity contribution is 9.10. The fourth-order valence-corrected chi connectivity index (χ4v) is 2.64. The molecule has 0 aliphatic carbocycles. The van der Waals surface area contributed by atoms with Crippen LogP contribution in [-0.4, -0.2) is 29.1 Å². The van der Waals surface area contributed by atoms with E-state index in [1.165, 1.54) is 0 Å². The van der Waals surface area contributed by atoms with E-state index in [1.807, 2.05) is 24.3 Å². The van der Waals surface area contributed by atoms with Crippen LogP contribution in [0.5, 0.6) is 0 Å². The van der Waals surface area contributed by atoms with Crippen LogP contribution in [0.3, 0.4) is 0 Å². The van der Waals surface area contributed by atoms with Gasteiger partial charge in [-0.3, -0.25) is 4.90 Å². The first-order valence-electron chi connectivity index (χ1n) is 5.79. The third-order valence-electron chi connectivity index (χ3n) is 3.56. The van der Waals surface area contributed by atoms with Gasteiger partial charge in [0, 0.05) is 4.47 Å². The predicted octanol–water partition coefficient (Wildman–Crippen LogP) is 2.84. The van der Waals surface area contributed by atoms with E-state index in [0.29, 0.717) is 0 Å². The van der Waals surface area contributed by atoms with Crippen LogP contribution in [0.1, 0.15) is 25.3 Å². The molecule has 1 fully saturated rings. The number of aliphatic carboxylic acids is 1. The van der Waals surface area contributed by atoms with Crippen molar-refractivity contribution in [3.05, 3.63) is 34.3 Å². The SMILES string of the molecule is CC(C(=O)O)(c1ccc(Br)cc1)N1CCCC1. The molecule has 0 spiro atoms. The Hall–Kier alpha value is -0.870. The second-order valence-corrected chi connectivity index (χ2v) is 5.49. The lowest BCUT2D eigenvalue weighted by molar-refractivity contribution is -0.150. The Morgan fingerprint density at radius 3 is 2.29 bits per heavy atom. The number of hydrogen-bond acceptors (Lipinski definition) is 2. The minimum atomic E-state index is -0.906.